The van der Waals surface area contributed by atoms with Crippen LogP contribution >= 0.6 is 0 Å². The quantitative estimate of drug-likeness (QED) is 0.368. The first-order chi connectivity index (χ1) is 10.5. The van der Waals surface area contributed by atoms with E-state index in [9.17, 15) is 0 Å². The van der Waals surface area contributed by atoms with Crippen LogP contribution in [-0.2, 0) is 4.74 Å². The highest BCUT2D eigenvalue weighted by atomic mass is 16.5. The molecule has 0 radical (unpaired) electrons. The van der Waals surface area contributed by atoms with Crippen LogP contribution in [0.3, 0.4) is 0 Å². The van der Waals surface area contributed by atoms with Gasteiger partial charge in [-0.25, -0.2) is 0 Å². The van der Waals surface area contributed by atoms with Gasteiger partial charge >= 0.3 is 0 Å². The van der Waals surface area contributed by atoms with E-state index in [-0.39, 0.29) is 0 Å². The van der Waals surface area contributed by atoms with E-state index in [1.807, 2.05) is 0 Å². The van der Waals surface area contributed by atoms with Crippen molar-refractivity contribution < 1.29 is 4.74 Å². The molecule has 0 amide bonds. The topological polar surface area (TPSA) is 9.23 Å². The van der Waals surface area contributed by atoms with Crippen molar-refractivity contribution in [3.8, 4) is 0 Å². The number of hydrogen-bond donors (Lipinski definition) is 0. The van der Waals surface area contributed by atoms with Crippen molar-refractivity contribution in [1.29, 1.82) is 0 Å². The highest BCUT2D eigenvalue weighted by molar-refractivity contribution is 4.73. The van der Waals surface area contributed by atoms with Crippen molar-refractivity contribution in [2.45, 2.75) is 107 Å². The Morgan fingerprint density at radius 2 is 0.783 bits per heavy atom. The van der Waals surface area contributed by atoms with Gasteiger partial charge in [0, 0.05) is 0 Å². The molecule has 0 aliphatic heterocycles. The fourth-order valence-electron chi connectivity index (χ4n) is 3.11. The smallest absolute Gasteiger partial charge is 0.0584 e. The van der Waals surface area contributed by atoms with E-state index in [4.69, 9.17) is 4.74 Å². The monoisotopic (exact) mass is 326 g/mol. The van der Waals surface area contributed by atoms with Gasteiger partial charge in [-0.15, -0.1) is 0 Å². The lowest BCUT2D eigenvalue weighted by Crippen LogP contribution is -2.29. The second-order valence-corrected chi connectivity index (χ2v) is 9.55. The zero-order valence-electron chi connectivity index (χ0n) is 17.9. The SMILES string of the molecule is CC(C)CC(CC(C)C(C)C)OC(CC(C)C)CC(C)C(C)C. The van der Waals surface area contributed by atoms with Gasteiger partial charge in [0.25, 0.3) is 0 Å². The third-order valence-electron chi connectivity index (χ3n) is 5.40. The lowest BCUT2D eigenvalue weighted by molar-refractivity contribution is -0.0546. The Balaban J connectivity index is 4.86. The Hall–Kier alpha value is -0.0400. The van der Waals surface area contributed by atoms with Gasteiger partial charge in [0.1, 0.15) is 0 Å². The van der Waals surface area contributed by atoms with Crippen molar-refractivity contribution in [1.82, 2.24) is 0 Å². The molecule has 0 aliphatic carbocycles. The molecule has 0 saturated heterocycles. The first-order valence-electron chi connectivity index (χ1n) is 10.2. The molecule has 0 heterocycles. The molecule has 0 aromatic heterocycles. The van der Waals surface area contributed by atoms with Crippen LogP contribution in [0.15, 0.2) is 0 Å². The molecule has 0 fully saturated rings. The maximum absolute atomic E-state index is 6.71. The van der Waals surface area contributed by atoms with Gasteiger partial charge in [-0.2, -0.15) is 0 Å². The second-order valence-electron chi connectivity index (χ2n) is 9.55. The van der Waals surface area contributed by atoms with Crippen molar-refractivity contribution in [3.05, 3.63) is 0 Å². The molecule has 0 aromatic carbocycles. The summed E-state index contributed by atoms with van der Waals surface area (Å²) in [5.74, 6) is 4.38. The summed E-state index contributed by atoms with van der Waals surface area (Å²) in [5.41, 5.74) is 0. The van der Waals surface area contributed by atoms with Crippen LogP contribution in [-0.4, -0.2) is 12.2 Å². The fraction of sp³-hybridized carbons (Fsp3) is 1.00. The van der Waals surface area contributed by atoms with E-state index >= 15 is 0 Å². The van der Waals surface area contributed by atoms with E-state index in [0.717, 1.165) is 23.7 Å². The molecule has 4 atom stereocenters. The van der Waals surface area contributed by atoms with Gasteiger partial charge in [0.05, 0.1) is 12.2 Å². The van der Waals surface area contributed by atoms with Gasteiger partial charge < -0.3 is 4.74 Å². The number of rotatable bonds is 12. The van der Waals surface area contributed by atoms with Crippen LogP contribution in [0.2, 0.25) is 0 Å². The molecule has 0 rings (SSSR count). The Labute approximate surface area is 148 Å². The average Bonchev–Trinajstić information content (AvgIpc) is 2.36. The summed E-state index contributed by atoms with van der Waals surface area (Å²) in [7, 11) is 0. The van der Waals surface area contributed by atoms with E-state index in [2.05, 4.69) is 69.2 Å². The summed E-state index contributed by atoms with van der Waals surface area (Å²) < 4.78 is 6.71. The number of hydrogen-bond acceptors (Lipinski definition) is 1. The van der Waals surface area contributed by atoms with Crippen molar-refractivity contribution in [2.75, 3.05) is 0 Å². The van der Waals surface area contributed by atoms with E-state index in [1.165, 1.54) is 25.7 Å². The van der Waals surface area contributed by atoms with Crippen molar-refractivity contribution >= 4 is 0 Å². The first kappa shape index (κ1) is 23.0. The lowest BCUT2D eigenvalue weighted by Gasteiger charge is -2.32. The summed E-state index contributed by atoms with van der Waals surface area (Å²) in [5, 5.41) is 0. The summed E-state index contributed by atoms with van der Waals surface area (Å²) in [4.78, 5) is 0. The molecule has 0 aromatic rings. The van der Waals surface area contributed by atoms with Crippen molar-refractivity contribution in [3.63, 3.8) is 0 Å². The van der Waals surface area contributed by atoms with Gasteiger partial charge in [-0.3, -0.25) is 0 Å². The highest BCUT2D eigenvalue weighted by Crippen LogP contribution is 2.28. The average molecular weight is 327 g/mol. The molecule has 0 N–H and O–H groups in total. The molecule has 140 valence electrons. The van der Waals surface area contributed by atoms with Crippen LogP contribution < -0.4 is 0 Å². The predicted octanol–water partition coefficient (Wildman–Crippen LogP) is 7.20. The van der Waals surface area contributed by atoms with E-state index in [1.54, 1.807) is 0 Å². The Kier molecular flexibility index (Phi) is 11.5. The molecule has 1 nitrogen and oxygen atoms in total. The Morgan fingerprint density at radius 3 is 1.00 bits per heavy atom. The van der Waals surface area contributed by atoms with Gasteiger partial charge in [-0.1, -0.05) is 69.2 Å². The summed E-state index contributed by atoms with van der Waals surface area (Å²) in [6.07, 6.45) is 5.66. The normalized spacial score (nSPS) is 18.0. The van der Waals surface area contributed by atoms with Gasteiger partial charge in [0.2, 0.25) is 0 Å². The maximum Gasteiger partial charge on any atom is 0.0584 e. The van der Waals surface area contributed by atoms with Crippen LogP contribution in [0, 0.1) is 35.5 Å². The van der Waals surface area contributed by atoms with Crippen LogP contribution in [0.25, 0.3) is 0 Å². The maximum atomic E-state index is 6.71. The largest absolute Gasteiger partial charge is 0.375 e. The van der Waals surface area contributed by atoms with E-state index < -0.39 is 0 Å². The van der Waals surface area contributed by atoms with Gasteiger partial charge in [0.15, 0.2) is 0 Å². The standard InChI is InChI=1S/C22H46O/c1-15(2)11-21(13-19(9)17(5)6)23-22(12-16(3)4)14-20(10)18(7)8/h15-22H,11-14H2,1-10H3. The summed E-state index contributed by atoms with van der Waals surface area (Å²) in [6, 6.07) is 0. The summed E-state index contributed by atoms with van der Waals surface area (Å²) in [6.45, 7) is 23.4. The van der Waals surface area contributed by atoms with Gasteiger partial charge in [-0.05, 0) is 61.2 Å². The lowest BCUT2D eigenvalue weighted by atomic mass is 9.87. The molecule has 1 heteroatoms. The summed E-state index contributed by atoms with van der Waals surface area (Å²) >= 11 is 0. The minimum atomic E-state index is 0.426. The molecule has 0 spiro atoms. The fourth-order valence-corrected chi connectivity index (χ4v) is 3.11. The second kappa shape index (κ2) is 11.5. The predicted molar refractivity (Wildman–Crippen MR) is 105 cm³/mol. The Bertz CT molecular complexity index is 252. The minimum absolute atomic E-state index is 0.426. The highest BCUT2D eigenvalue weighted by Gasteiger charge is 2.24. The van der Waals surface area contributed by atoms with Crippen LogP contribution in [0.4, 0.5) is 0 Å². The number of ether oxygens (including phenoxy) is 1. The third kappa shape index (κ3) is 11.2. The molecule has 0 aliphatic rings. The molecule has 0 saturated carbocycles. The minimum Gasteiger partial charge on any atom is -0.375 e. The van der Waals surface area contributed by atoms with E-state index in [0.29, 0.717) is 24.0 Å². The molecular weight excluding hydrogens is 280 g/mol. The molecule has 0 bridgehead atoms. The zero-order chi connectivity index (χ0) is 18.2. The zero-order valence-corrected chi connectivity index (χ0v) is 17.9. The third-order valence-corrected chi connectivity index (χ3v) is 5.40. The molecular formula is C22H46O. The molecule has 23 heavy (non-hydrogen) atoms. The van der Waals surface area contributed by atoms with Crippen molar-refractivity contribution in [2.24, 2.45) is 35.5 Å². The Morgan fingerprint density at radius 1 is 0.478 bits per heavy atom. The first-order valence-corrected chi connectivity index (χ1v) is 10.2. The van der Waals surface area contributed by atoms with Crippen LogP contribution in [0.1, 0.15) is 94.9 Å². The molecule has 4 unspecified atom stereocenters. The van der Waals surface area contributed by atoms with Crippen LogP contribution in [0.5, 0.6) is 0 Å².